The molecule has 1 atom stereocenters. The summed E-state index contributed by atoms with van der Waals surface area (Å²) in [6.07, 6.45) is 0. The van der Waals surface area contributed by atoms with Gasteiger partial charge in [-0.2, -0.15) is 0 Å². The lowest BCUT2D eigenvalue weighted by atomic mass is 10.1. The van der Waals surface area contributed by atoms with Crippen molar-refractivity contribution >= 4 is 22.6 Å². The summed E-state index contributed by atoms with van der Waals surface area (Å²) in [5, 5.41) is 4.76. The van der Waals surface area contributed by atoms with Crippen LogP contribution in [0.2, 0.25) is 0 Å². The standard InChI is InChI=1S/C17H18N2OS/c1-2-20-15-10-8-14(9-11-15)19-17-18-12-16(21-17)13-6-4-3-5-7-13/h3-11,16H,2,12H2,1H3,(H,18,19). The second-order valence-electron chi connectivity index (χ2n) is 4.75. The number of rotatable bonds is 4. The molecule has 0 aliphatic carbocycles. The van der Waals surface area contributed by atoms with Gasteiger partial charge in [-0.05, 0) is 36.8 Å². The van der Waals surface area contributed by atoms with Gasteiger partial charge in [0.2, 0.25) is 0 Å². The Kier molecular flexibility index (Phi) is 4.46. The lowest BCUT2D eigenvalue weighted by molar-refractivity contribution is 0.340. The maximum atomic E-state index is 5.44. The second kappa shape index (κ2) is 6.68. The molecule has 1 N–H and O–H groups in total. The van der Waals surface area contributed by atoms with Crippen molar-refractivity contribution in [2.45, 2.75) is 12.2 Å². The molecule has 2 aromatic rings. The summed E-state index contributed by atoms with van der Waals surface area (Å²) in [4.78, 5) is 4.58. The fourth-order valence-electron chi connectivity index (χ4n) is 2.21. The molecule has 108 valence electrons. The summed E-state index contributed by atoms with van der Waals surface area (Å²) >= 11 is 1.78. The van der Waals surface area contributed by atoms with Crippen molar-refractivity contribution in [1.82, 2.24) is 0 Å². The average molecular weight is 298 g/mol. The molecule has 0 aromatic heterocycles. The molecule has 3 rings (SSSR count). The van der Waals surface area contributed by atoms with Crippen LogP contribution in [0.1, 0.15) is 17.7 Å². The zero-order chi connectivity index (χ0) is 14.5. The third-order valence-corrected chi connectivity index (χ3v) is 4.40. The molecule has 0 spiro atoms. The highest BCUT2D eigenvalue weighted by Crippen LogP contribution is 2.35. The molecule has 1 aliphatic rings. The Morgan fingerprint density at radius 2 is 1.90 bits per heavy atom. The van der Waals surface area contributed by atoms with Gasteiger partial charge in [-0.15, -0.1) is 0 Å². The molecule has 1 heterocycles. The Labute approximate surface area is 129 Å². The number of aliphatic imine (C=N–C) groups is 1. The number of amidine groups is 1. The number of ether oxygens (including phenoxy) is 1. The molecule has 4 heteroatoms. The van der Waals surface area contributed by atoms with Gasteiger partial charge in [0.1, 0.15) is 5.75 Å². The minimum Gasteiger partial charge on any atom is -0.494 e. The summed E-state index contributed by atoms with van der Waals surface area (Å²) in [7, 11) is 0. The highest BCUT2D eigenvalue weighted by molar-refractivity contribution is 8.14. The fraction of sp³-hybridized carbons (Fsp3) is 0.235. The van der Waals surface area contributed by atoms with Crippen LogP contribution in [0.5, 0.6) is 5.75 Å². The van der Waals surface area contributed by atoms with E-state index < -0.39 is 0 Å². The van der Waals surface area contributed by atoms with Gasteiger partial charge in [-0.25, -0.2) is 0 Å². The molecule has 1 unspecified atom stereocenters. The fourth-order valence-corrected chi connectivity index (χ4v) is 3.25. The van der Waals surface area contributed by atoms with Gasteiger partial charge in [0.15, 0.2) is 5.17 Å². The van der Waals surface area contributed by atoms with Crippen molar-refractivity contribution in [2.24, 2.45) is 4.99 Å². The van der Waals surface area contributed by atoms with E-state index in [0.717, 1.165) is 23.1 Å². The van der Waals surface area contributed by atoms with Gasteiger partial charge in [0, 0.05) is 5.69 Å². The largest absolute Gasteiger partial charge is 0.494 e. The Bertz CT molecular complexity index is 610. The van der Waals surface area contributed by atoms with Crippen molar-refractivity contribution in [3.05, 3.63) is 60.2 Å². The average Bonchev–Trinajstić information content (AvgIpc) is 2.99. The van der Waals surface area contributed by atoms with Crippen LogP contribution in [0.3, 0.4) is 0 Å². The maximum absolute atomic E-state index is 5.44. The van der Waals surface area contributed by atoms with Crippen molar-refractivity contribution < 1.29 is 4.74 Å². The normalized spacial score (nSPS) is 17.4. The third kappa shape index (κ3) is 3.58. The number of nitrogens with zero attached hydrogens (tertiary/aromatic N) is 1. The molecule has 0 amide bonds. The van der Waals surface area contributed by atoms with E-state index in [1.165, 1.54) is 5.56 Å². The molecule has 0 bridgehead atoms. The first kappa shape index (κ1) is 14.0. The number of nitrogens with one attached hydrogen (secondary N) is 1. The first-order chi connectivity index (χ1) is 10.3. The number of hydrogen-bond donors (Lipinski definition) is 1. The van der Waals surface area contributed by atoms with E-state index >= 15 is 0 Å². The topological polar surface area (TPSA) is 33.6 Å². The molecular formula is C17H18N2OS. The maximum Gasteiger partial charge on any atom is 0.161 e. The highest BCUT2D eigenvalue weighted by atomic mass is 32.2. The van der Waals surface area contributed by atoms with Gasteiger partial charge in [0.05, 0.1) is 18.4 Å². The van der Waals surface area contributed by atoms with Crippen LogP contribution in [0, 0.1) is 0 Å². The van der Waals surface area contributed by atoms with Crippen LogP contribution < -0.4 is 10.1 Å². The quantitative estimate of drug-likeness (QED) is 0.911. The number of thioether (sulfide) groups is 1. The van der Waals surface area contributed by atoms with Crippen molar-refractivity contribution in [1.29, 1.82) is 0 Å². The Hall–Kier alpha value is -1.94. The minimum absolute atomic E-state index is 0.413. The van der Waals surface area contributed by atoms with Gasteiger partial charge in [0.25, 0.3) is 0 Å². The van der Waals surface area contributed by atoms with E-state index in [-0.39, 0.29) is 0 Å². The van der Waals surface area contributed by atoms with E-state index in [1.54, 1.807) is 11.8 Å². The summed E-state index contributed by atoms with van der Waals surface area (Å²) in [5.74, 6) is 0.895. The second-order valence-corrected chi connectivity index (χ2v) is 5.94. The van der Waals surface area contributed by atoms with E-state index in [4.69, 9.17) is 4.74 Å². The third-order valence-electron chi connectivity index (χ3n) is 3.24. The summed E-state index contributed by atoms with van der Waals surface area (Å²) < 4.78 is 5.44. The van der Waals surface area contributed by atoms with E-state index in [1.807, 2.05) is 37.3 Å². The van der Waals surface area contributed by atoms with Crippen LogP contribution in [0.25, 0.3) is 0 Å². The molecule has 0 radical (unpaired) electrons. The van der Waals surface area contributed by atoms with Gasteiger partial charge < -0.3 is 10.1 Å². The highest BCUT2D eigenvalue weighted by Gasteiger charge is 2.21. The molecule has 21 heavy (non-hydrogen) atoms. The van der Waals surface area contributed by atoms with Gasteiger partial charge in [-0.3, -0.25) is 4.99 Å². The monoisotopic (exact) mass is 298 g/mol. The molecule has 1 aliphatic heterocycles. The molecule has 3 nitrogen and oxygen atoms in total. The summed E-state index contributed by atoms with van der Waals surface area (Å²) in [6, 6.07) is 18.5. The molecule has 0 fully saturated rings. The summed E-state index contributed by atoms with van der Waals surface area (Å²) in [5.41, 5.74) is 2.37. The van der Waals surface area contributed by atoms with Gasteiger partial charge >= 0.3 is 0 Å². The predicted molar refractivity (Wildman–Crippen MR) is 90.3 cm³/mol. The lowest BCUT2D eigenvalue weighted by Gasteiger charge is -2.10. The Balaban J connectivity index is 1.59. The van der Waals surface area contributed by atoms with Crippen LogP contribution in [0.4, 0.5) is 5.69 Å². The zero-order valence-corrected chi connectivity index (χ0v) is 12.8. The zero-order valence-electron chi connectivity index (χ0n) is 12.0. The first-order valence-corrected chi connectivity index (χ1v) is 7.99. The predicted octanol–water partition coefficient (Wildman–Crippen LogP) is 4.34. The number of benzene rings is 2. The smallest absolute Gasteiger partial charge is 0.161 e. The molecule has 2 aromatic carbocycles. The Morgan fingerprint density at radius 1 is 1.14 bits per heavy atom. The first-order valence-electron chi connectivity index (χ1n) is 7.11. The van der Waals surface area contributed by atoms with Crippen molar-refractivity contribution in [2.75, 3.05) is 18.5 Å². The van der Waals surface area contributed by atoms with Crippen LogP contribution in [0.15, 0.2) is 59.6 Å². The molecular weight excluding hydrogens is 280 g/mol. The lowest BCUT2D eigenvalue weighted by Crippen LogP contribution is -2.05. The number of anilines is 1. The molecule has 0 saturated carbocycles. The van der Waals surface area contributed by atoms with Crippen LogP contribution >= 0.6 is 11.8 Å². The van der Waals surface area contributed by atoms with E-state index in [2.05, 4.69) is 34.6 Å². The van der Waals surface area contributed by atoms with E-state index in [9.17, 15) is 0 Å². The van der Waals surface area contributed by atoms with Gasteiger partial charge in [-0.1, -0.05) is 42.1 Å². The summed E-state index contributed by atoms with van der Waals surface area (Å²) in [6.45, 7) is 3.50. The van der Waals surface area contributed by atoms with Crippen LogP contribution in [-0.4, -0.2) is 18.3 Å². The van der Waals surface area contributed by atoms with Crippen molar-refractivity contribution in [3.8, 4) is 5.75 Å². The SMILES string of the molecule is CCOc1ccc(NC2=NCC(c3ccccc3)S2)cc1. The van der Waals surface area contributed by atoms with Crippen LogP contribution in [-0.2, 0) is 0 Å². The molecule has 0 saturated heterocycles. The number of hydrogen-bond acceptors (Lipinski definition) is 4. The van der Waals surface area contributed by atoms with Crippen molar-refractivity contribution in [3.63, 3.8) is 0 Å². The van der Waals surface area contributed by atoms with E-state index in [0.29, 0.717) is 11.9 Å². The minimum atomic E-state index is 0.413. The Morgan fingerprint density at radius 3 is 2.62 bits per heavy atom.